The molecule has 0 spiro atoms. The Hall–Kier alpha value is -4.22. The van der Waals surface area contributed by atoms with Crippen LogP contribution in [0.5, 0.6) is 0 Å². The quantitative estimate of drug-likeness (QED) is 0.0656. The van der Waals surface area contributed by atoms with E-state index in [0.29, 0.717) is 48.4 Å². The summed E-state index contributed by atoms with van der Waals surface area (Å²) in [5.41, 5.74) is 4.59. The van der Waals surface area contributed by atoms with E-state index >= 15 is 0 Å². The number of rotatable bonds is 13. The Morgan fingerprint density at radius 2 is 0.917 bits per heavy atom. The summed E-state index contributed by atoms with van der Waals surface area (Å²) in [6.45, 7) is 4.84. The average molecular weight is 669 g/mol. The van der Waals surface area contributed by atoms with E-state index in [9.17, 15) is 26.3 Å². The topological polar surface area (TPSA) is 64.5 Å². The van der Waals surface area contributed by atoms with E-state index in [1.807, 2.05) is 50.2 Å². The van der Waals surface area contributed by atoms with E-state index < -0.39 is 23.5 Å². The van der Waals surface area contributed by atoms with Gasteiger partial charge in [-0.05, 0) is 93.7 Å². The second kappa shape index (κ2) is 16.3. The van der Waals surface area contributed by atoms with E-state index in [1.165, 1.54) is 36.4 Å². The summed E-state index contributed by atoms with van der Waals surface area (Å²) in [4.78, 5) is 0. The number of alkyl halides is 6. The van der Waals surface area contributed by atoms with Crippen molar-refractivity contribution in [1.29, 1.82) is 0 Å². The van der Waals surface area contributed by atoms with E-state index in [0.717, 1.165) is 34.4 Å². The van der Waals surface area contributed by atoms with E-state index in [4.69, 9.17) is 10.2 Å². The molecule has 0 saturated carbocycles. The van der Waals surface area contributed by atoms with Crippen molar-refractivity contribution in [3.8, 4) is 11.1 Å². The van der Waals surface area contributed by atoms with Gasteiger partial charge in [-0.3, -0.25) is 0 Å². The van der Waals surface area contributed by atoms with Crippen LogP contribution in [0.3, 0.4) is 0 Å². The first-order chi connectivity index (χ1) is 22.8. The van der Waals surface area contributed by atoms with Crippen LogP contribution in [0, 0.1) is 13.8 Å². The molecule has 0 unspecified atom stereocenters. The standard InChI is InChI=1S/C38H38F6N2O2/c1-25-29(11-13-31-21-27(23-45-17-19-47)9-15-35(31)37(39,40)41)5-3-7-33(25)34-8-4-6-30(26(34)2)12-14-32-22-28(24-46-18-20-48)10-16-36(32)38(42,43)44/h3-16,21-22,45-48H,17-20,23-24H2,1-2H3/b13-11+,14-12+. The van der Waals surface area contributed by atoms with Gasteiger partial charge in [0.1, 0.15) is 0 Å². The maximum absolute atomic E-state index is 13.8. The van der Waals surface area contributed by atoms with Gasteiger partial charge >= 0.3 is 12.4 Å². The first kappa shape index (κ1) is 36.6. The van der Waals surface area contributed by atoms with Gasteiger partial charge in [-0.2, -0.15) is 26.3 Å². The highest BCUT2D eigenvalue weighted by Crippen LogP contribution is 2.36. The summed E-state index contributed by atoms with van der Waals surface area (Å²) >= 11 is 0. The van der Waals surface area contributed by atoms with Crippen LogP contribution < -0.4 is 10.6 Å². The molecule has 0 aliphatic rings. The fourth-order valence-corrected chi connectivity index (χ4v) is 5.47. The maximum Gasteiger partial charge on any atom is 0.416 e. The Balaban J connectivity index is 1.67. The monoisotopic (exact) mass is 668 g/mol. The van der Waals surface area contributed by atoms with Gasteiger partial charge in [0.15, 0.2) is 0 Å². The summed E-state index contributed by atoms with van der Waals surface area (Å²) in [6, 6.07) is 19.0. The van der Waals surface area contributed by atoms with Crippen molar-refractivity contribution < 1.29 is 36.6 Å². The van der Waals surface area contributed by atoms with Gasteiger partial charge in [0.05, 0.1) is 24.3 Å². The molecule has 0 fully saturated rings. The van der Waals surface area contributed by atoms with Crippen molar-refractivity contribution in [2.45, 2.75) is 39.3 Å². The van der Waals surface area contributed by atoms with Crippen LogP contribution in [0.1, 0.15) is 55.6 Å². The number of aliphatic hydroxyl groups excluding tert-OH is 2. The summed E-state index contributed by atoms with van der Waals surface area (Å²) in [5, 5.41) is 24.0. The van der Waals surface area contributed by atoms with Gasteiger partial charge in [-0.25, -0.2) is 0 Å². The third kappa shape index (κ3) is 9.44. The van der Waals surface area contributed by atoms with Crippen LogP contribution in [0.4, 0.5) is 26.3 Å². The largest absolute Gasteiger partial charge is 0.416 e. The number of aliphatic hydroxyl groups is 2. The summed E-state index contributed by atoms with van der Waals surface area (Å²) < 4.78 is 83.0. The number of hydrogen-bond acceptors (Lipinski definition) is 4. The van der Waals surface area contributed by atoms with Gasteiger partial charge < -0.3 is 20.8 Å². The minimum atomic E-state index is -4.54. The Morgan fingerprint density at radius 1 is 0.542 bits per heavy atom. The normalized spacial score (nSPS) is 12.5. The van der Waals surface area contributed by atoms with Crippen LogP contribution in [0.25, 0.3) is 35.4 Å². The molecule has 4 aromatic rings. The molecule has 0 aliphatic heterocycles. The summed E-state index contributed by atoms with van der Waals surface area (Å²) in [6.07, 6.45) is -2.90. The molecule has 10 heteroatoms. The molecule has 4 aromatic carbocycles. The molecule has 4 rings (SSSR count). The highest BCUT2D eigenvalue weighted by molar-refractivity contribution is 5.82. The molecule has 4 N–H and O–H groups in total. The second-order valence-corrected chi connectivity index (χ2v) is 11.3. The molecular weight excluding hydrogens is 630 g/mol. The molecule has 4 nitrogen and oxygen atoms in total. The first-order valence-corrected chi connectivity index (χ1v) is 15.4. The molecule has 0 radical (unpaired) electrons. The SMILES string of the molecule is Cc1c(/C=C/c2cc(CNCCO)ccc2C(F)(F)F)cccc1-c1cccc(/C=C/c2cc(CNCCO)ccc2C(F)(F)F)c1C. The molecule has 254 valence electrons. The zero-order chi connectivity index (χ0) is 34.9. The van der Waals surface area contributed by atoms with Crippen LogP contribution in [-0.2, 0) is 25.4 Å². The third-order valence-corrected chi connectivity index (χ3v) is 8.00. The number of hydrogen-bond donors (Lipinski definition) is 4. The van der Waals surface area contributed by atoms with Crippen molar-refractivity contribution in [3.63, 3.8) is 0 Å². The Kier molecular flexibility index (Phi) is 12.4. The Morgan fingerprint density at radius 3 is 1.27 bits per heavy atom. The molecule has 0 aliphatic carbocycles. The molecule has 0 saturated heterocycles. The highest BCUT2D eigenvalue weighted by atomic mass is 19.4. The van der Waals surface area contributed by atoms with E-state index in [2.05, 4.69) is 10.6 Å². The molecule has 0 heterocycles. The van der Waals surface area contributed by atoms with Crippen LogP contribution in [0.2, 0.25) is 0 Å². The zero-order valence-corrected chi connectivity index (χ0v) is 26.6. The lowest BCUT2D eigenvalue weighted by atomic mass is 9.90. The lowest BCUT2D eigenvalue weighted by Crippen LogP contribution is -2.18. The van der Waals surface area contributed by atoms with Crippen LogP contribution in [0.15, 0.2) is 72.8 Å². The molecule has 0 aromatic heterocycles. The number of nitrogens with one attached hydrogen (secondary N) is 2. The molecule has 48 heavy (non-hydrogen) atoms. The van der Waals surface area contributed by atoms with Gasteiger partial charge in [0.2, 0.25) is 0 Å². The molecule has 0 amide bonds. The van der Waals surface area contributed by atoms with Crippen molar-refractivity contribution in [2.75, 3.05) is 26.3 Å². The van der Waals surface area contributed by atoms with Gasteiger partial charge in [0, 0.05) is 26.2 Å². The lowest BCUT2D eigenvalue weighted by molar-refractivity contribution is -0.138. The zero-order valence-electron chi connectivity index (χ0n) is 26.6. The molecular formula is C38H38F6N2O2. The molecule has 0 bridgehead atoms. The van der Waals surface area contributed by atoms with Crippen LogP contribution >= 0.6 is 0 Å². The van der Waals surface area contributed by atoms with Crippen molar-refractivity contribution in [2.24, 2.45) is 0 Å². The predicted molar refractivity (Wildman–Crippen MR) is 180 cm³/mol. The Labute approximate surface area is 276 Å². The van der Waals surface area contributed by atoms with Gasteiger partial charge in [0.25, 0.3) is 0 Å². The van der Waals surface area contributed by atoms with E-state index in [1.54, 1.807) is 12.2 Å². The Bertz CT molecular complexity index is 1630. The fraction of sp³-hybridized carbons (Fsp3) is 0.263. The summed E-state index contributed by atoms with van der Waals surface area (Å²) in [7, 11) is 0. The third-order valence-electron chi connectivity index (χ3n) is 8.00. The van der Waals surface area contributed by atoms with Crippen molar-refractivity contribution in [1.82, 2.24) is 10.6 Å². The van der Waals surface area contributed by atoms with Crippen LogP contribution in [-0.4, -0.2) is 36.5 Å². The minimum Gasteiger partial charge on any atom is -0.395 e. The number of benzene rings is 4. The van der Waals surface area contributed by atoms with Crippen molar-refractivity contribution in [3.05, 3.63) is 128 Å². The van der Waals surface area contributed by atoms with Crippen molar-refractivity contribution >= 4 is 24.3 Å². The highest BCUT2D eigenvalue weighted by Gasteiger charge is 2.33. The number of halogens is 6. The first-order valence-electron chi connectivity index (χ1n) is 15.4. The maximum atomic E-state index is 13.8. The van der Waals surface area contributed by atoms with Gasteiger partial charge in [-0.1, -0.05) is 72.8 Å². The van der Waals surface area contributed by atoms with E-state index in [-0.39, 0.29) is 24.3 Å². The average Bonchev–Trinajstić information content (AvgIpc) is 3.03. The fourth-order valence-electron chi connectivity index (χ4n) is 5.47. The smallest absolute Gasteiger partial charge is 0.395 e. The predicted octanol–water partition coefficient (Wildman–Crippen LogP) is 8.51. The van der Waals surface area contributed by atoms with Gasteiger partial charge in [-0.15, -0.1) is 0 Å². The summed E-state index contributed by atoms with van der Waals surface area (Å²) in [5.74, 6) is 0. The minimum absolute atomic E-state index is 0.0189. The molecule has 0 atom stereocenters. The lowest BCUT2D eigenvalue weighted by Gasteiger charge is -2.15. The second-order valence-electron chi connectivity index (χ2n) is 11.3.